The van der Waals surface area contributed by atoms with E-state index in [0.29, 0.717) is 5.02 Å². The first-order valence-electron chi connectivity index (χ1n) is 6.75. The minimum atomic E-state index is 0.133. The Morgan fingerprint density at radius 3 is 2.42 bits per heavy atom. The first-order valence-corrected chi connectivity index (χ1v) is 7.12. The van der Waals surface area contributed by atoms with Crippen LogP contribution in [0.4, 0.5) is 5.69 Å². The Labute approximate surface area is 118 Å². The van der Waals surface area contributed by atoms with Crippen LogP contribution in [0.25, 0.3) is 0 Å². The Bertz CT molecular complexity index is 454. The molecule has 1 fully saturated rings. The molecule has 0 bridgehead atoms. The highest BCUT2D eigenvalue weighted by molar-refractivity contribution is 6.31. The molecule has 0 aliphatic carbocycles. The van der Waals surface area contributed by atoms with E-state index >= 15 is 0 Å². The molecule has 0 saturated carbocycles. The topological polar surface area (TPSA) is 61.9 Å². The van der Waals surface area contributed by atoms with Gasteiger partial charge < -0.3 is 15.8 Å². The second kappa shape index (κ2) is 6.66. The highest BCUT2D eigenvalue weighted by Crippen LogP contribution is 2.27. The van der Waals surface area contributed by atoms with E-state index in [1.54, 1.807) is 6.07 Å². The molecule has 19 heavy (non-hydrogen) atoms. The number of nitrogens with two attached hydrogens (primary N) is 1. The van der Waals surface area contributed by atoms with Crippen LogP contribution in [0.1, 0.15) is 37.7 Å². The van der Waals surface area contributed by atoms with Crippen LogP contribution in [0.3, 0.4) is 0 Å². The molecular formula is C14H20ClN3O. The van der Waals surface area contributed by atoms with Crippen molar-refractivity contribution in [3.05, 3.63) is 28.8 Å². The third-order valence-corrected chi connectivity index (χ3v) is 3.78. The van der Waals surface area contributed by atoms with E-state index in [4.69, 9.17) is 22.5 Å². The van der Waals surface area contributed by atoms with Gasteiger partial charge in [0.25, 0.3) is 0 Å². The van der Waals surface area contributed by atoms with Crippen molar-refractivity contribution in [1.82, 2.24) is 0 Å². The quantitative estimate of drug-likeness (QED) is 0.379. The minimum absolute atomic E-state index is 0.133. The first-order chi connectivity index (χ1) is 9.22. The summed E-state index contributed by atoms with van der Waals surface area (Å²) in [6.07, 6.45) is 6.17. The predicted molar refractivity (Wildman–Crippen MR) is 79.3 cm³/mol. The Kier molecular flexibility index (Phi) is 4.91. The van der Waals surface area contributed by atoms with Crippen LogP contribution in [0, 0.1) is 0 Å². The van der Waals surface area contributed by atoms with E-state index in [1.807, 2.05) is 12.1 Å². The van der Waals surface area contributed by atoms with E-state index in [9.17, 15) is 0 Å². The Balaban J connectivity index is 2.32. The average molecular weight is 282 g/mol. The molecule has 0 aromatic heterocycles. The second-order valence-electron chi connectivity index (χ2n) is 4.90. The van der Waals surface area contributed by atoms with Crippen LogP contribution in [0.5, 0.6) is 0 Å². The smallest absolute Gasteiger partial charge is 0.172 e. The summed E-state index contributed by atoms with van der Waals surface area (Å²) in [5.41, 5.74) is 7.46. The lowest BCUT2D eigenvalue weighted by molar-refractivity contribution is 0.318. The van der Waals surface area contributed by atoms with Gasteiger partial charge in [0.15, 0.2) is 5.84 Å². The predicted octanol–water partition coefficient (Wildman–Crippen LogP) is 3.21. The summed E-state index contributed by atoms with van der Waals surface area (Å²) in [5.74, 6) is 0.133. The van der Waals surface area contributed by atoms with Gasteiger partial charge in [-0.25, -0.2) is 0 Å². The molecule has 0 amide bonds. The maximum absolute atomic E-state index is 8.89. The van der Waals surface area contributed by atoms with Crippen molar-refractivity contribution in [1.29, 1.82) is 0 Å². The van der Waals surface area contributed by atoms with E-state index in [0.717, 1.165) is 24.3 Å². The fraction of sp³-hybridized carbons (Fsp3) is 0.500. The zero-order chi connectivity index (χ0) is 13.7. The van der Waals surface area contributed by atoms with Gasteiger partial charge in [0.1, 0.15) is 0 Å². The molecule has 1 aromatic carbocycles. The molecule has 2 rings (SSSR count). The van der Waals surface area contributed by atoms with Crippen LogP contribution < -0.4 is 10.6 Å². The zero-order valence-electron chi connectivity index (χ0n) is 11.0. The van der Waals surface area contributed by atoms with Gasteiger partial charge in [-0.15, -0.1) is 0 Å². The summed E-state index contributed by atoms with van der Waals surface area (Å²) in [4.78, 5) is 2.29. The van der Waals surface area contributed by atoms with Crippen LogP contribution in [0.15, 0.2) is 23.4 Å². The van der Waals surface area contributed by atoms with Gasteiger partial charge in [-0.2, -0.15) is 0 Å². The normalized spacial score (nSPS) is 17.9. The summed E-state index contributed by atoms with van der Waals surface area (Å²) in [5, 5.41) is 12.7. The Morgan fingerprint density at radius 2 is 1.79 bits per heavy atom. The fourth-order valence-electron chi connectivity index (χ4n) is 2.53. The van der Waals surface area contributed by atoms with E-state index in [2.05, 4.69) is 10.1 Å². The molecule has 1 aliphatic rings. The maximum Gasteiger partial charge on any atom is 0.172 e. The number of halogens is 1. The summed E-state index contributed by atoms with van der Waals surface area (Å²) in [6, 6.07) is 5.48. The highest BCUT2D eigenvalue weighted by Gasteiger charge is 2.15. The second-order valence-corrected chi connectivity index (χ2v) is 5.34. The number of rotatable bonds is 2. The van der Waals surface area contributed by atoms with Crippen molar-refractivity contribution >= 4 is 23.1 Å². The van der Waals surface area contributed by atoms with E-state index < -0.39 is 0 Å². The van der Waals surface area contributed by atoms with Crippen molar-refractivity contribution in [2.45, 2.75) is 32.1 Å². The van der Waals surface area contributed by atoms with Crippen LogP contribution >= 0.6 is 11.6 Å². The van der Waals surface area contributed by atoms with Crippen molar-refractivity contribution in [2.75, 3.05) is 18.0 Å². The first kappa shape index (κ1) is 14.0. The van der Waals surface area contributed by atoms with E-state index in [1.165, 1.54) is 32.1 Å². The summed E-state index contributed by atoms with van der Waals surface area (Å²) in [6.45, 7) is 1.98. The molecule has 1 aliphatic heterocycles. The van der Waals surface area contributed by atoms with Gasteiger partial charge >= 0.3 is 0 Å². The maximum atomic E-state index is 8.89. The van der Waals surface area contributed by atoms with Crippen molar-refractivity contribution in [3.63, 3.8) is 0 Å². The summed E-state index contributed by atoms with van der Waals surface area (Å²) in [7, 11) is 0. The van der Waals surface area contributed by atoms with Gasteiger partial charge in [-0.05, 0) is 31.0 Å². The molecule has 1 heterocycles. The molecule has 4 nitrogen and oxygen atoms in total. The largest absolute Gasteiger partial charge is 0.409 e. The molecule has 1 saturated heterocycles. The van der Waals surface area contributed by atoms with Crippen molar-refractivity contribution in [2.24, 2.45) is 10.9 Å². The van der Waals surface area contributed by atoms with E-state index in [-0.39, 0.29) is 5.84 Å². The minimum Gasteiger partial charge on any atom is -0.409 e. The molecule has 1 aromatic rings. The SMILES string of the molecule is N/C(=N/O)c1ccc(Cl)cc1N1CCCCCCC1. The number of benzene rings is 1. The number of anilines is 1. The molecule has 0 atom stereocenters. The standard InChI is InChI=1S/C14H20ClN3O/c15-11-6-7-12(14(16)17-19)13(10-11)18-8-4-2-1-3-5-9-18/h6-7,10,19H,1-5,8-9H2,(H2,16,17). The molecule has 0 unspecified atom stereocenters. The molecule has 0 spiro atoms. The Morgan fingerprint density at radius 1 is 1.16 bits per heavy atom. The number of hydrogen-bond acceptors (Lipinski definition) is 3. The number of nitrogens with zero attached hydrogens (tertiary/aromatic N) is 2. The Hall–Kier alpha value is -1.42. The fourth-order valence-corrected chi connectivity index (χ4v) is 2.69. The van der Waals surface area contributed by atoms with Crippen LogP contribution in [-0.2, 0) is 0 Å². The number of oxime groups is 1. The summed E-state index contributed by atoms with van der Waals surface area (Å²) >= 11 is 6.09. The lowest BCUT2D eigenvalue weighted by Gasteiger charge is -2.28. The highest BCUT2D eigenvalue weighted by atomic mass is 35.5. The van der Waals surface area contributed by atoms with Gasteiger partial charge in [-0.1, -0.05) is 36.0 Å². The molecule has 5 heteroatoms. The van der Waals surface area contributed by atoms with Gasteiger partial charge in [0, 0.05) is 29.4 Å². The molecular weight excluding hydrogens is 262 g/mol. The zero-order valence-corrected chi connectivity index (χ0v) is 11.7. The molecule has 104 valence electrons. The lowest BCUT2D eigenvalue weighted by atomic mass is 10.1. The number of amidine groups is 1. The van der Waals surface area contributed by atoms with Crippen LogP contribution in [-0.4, -0.2) is 24.1 Å². The van der Waals surface area contributed by atoms with Gasteiger partial charge in [0.05, 0.1) is 0 Å². The third kappa shape index (κ3) is 3.53. The van der Waals surface area contributed by atoms with Crippen molar-refractivity contribution < 1.29 is 5.21 Å². The van der Waals surface area contributed by atoms with Gasteiger partial charge in [-0.3, -0.25) is 0 Å². The van der Waals surface area contributed by atoms with Crippen molar-refractivity contribution in [3.8, 4) is 0 Å². The monoisotopic (exact) mass is 281 g/mol. The lowest BCUT2D eigenvalue weighted by Crippen LogP contribution is -2.29. The molecule has 3 N–H and O–H groups in total. The molecule has 0 radical (unpaired) electrons. The summed E-state index contributed by atoms with van der Waals surface area (Å²) < 4.78 is 0. The number of hydrogen-bond donors (Lipinski definition) is 2. The third-order valence-electron chi connectivity index (χ3n) is 3.54. The average Bonchev–Trinajstić information content (AvgIpc) is 2.37. The van der Waals surface area contributed by atoms with Crippen LogP contribution in [0.2, 0.25) is 5.02 Å². The van der Waals surface area contributed by atoms with Gasteiger partial charge in [0.2, 0.25) is 0 Å².